The highest BCUT2D eigenvalue weighted by atomic mass is 16.6. The smallest absolute Gasteiger partial charge is 0.319 e. The highest BCUT2D eigenvalue weighted by Crippen LogP contribution is 2.33. The number of nitrogens with zero attached hydrogens (tertiary/aromatic N) is 3. The first-order valence-corrected chi connectivity index (χ1v) is 9.16. The molecule has 1 aromatic heterocycles. The number of amides is 3. The maximum Gasteiger partial charge on any atom is 0.319 e. The minimum Gasteiger partial charge on any atom is -0.486 e. The van der Waals surface area contributed by atoms with Crippen LogP contribution in [0.25, 0.3) is 0 Å². The Morgan fingerprint density at radius 3 is 2.71 bits per heavy atom. The Bertz CT molecular complexity index is 928. The summed E-state index contributed by atoms with van der Waals surface area (Å²) < 4.78 is 11.1. The van der Waals surface area contributed by atoms with Gasteiger partial charge in [-0.1, -0.05) is 0 Å². The van der Waals surface area contributed by atoms with Crippen LogP contribution in [0, 0.1) is 0 Å². The number of benzene rings is 1. The van der Waals surface area contributed by atoms with E-state index in [2.05, 4.69) is 10.3 Å². The lowest BCUT2D eigenvalue weighted by molar-refractivity contribution is 0.102. The summed E-state index contributed by atoms with van der Waals surface area (Å²) >= 11 is 0. The molecule has 2 aliphatic heterocycles. The number of hydrogen-bond acceptors (Lipinski definition) is 5. The number of carbonyl (C=O) groups is 2. The van der Waals surface area contributed by atoms with Crippen LogP contribution in [0.15, 0.2) is 30.6 Å². The topological polar surface area (TPSA) is 84.0 Å². The summed E-state index contributed by atoms with van der Waals surface area (Å²) in [6.45, 7) is 2.03. The van der Waals surface area contributed by atoms with Crippen LogP contribution in [0.2, 0.25) is 0 Å². The lowest BCUT2D eigenvalue weighted by Gasteiger charge is -2.31. The number of nitrogens with one attached hydrogen (secondary N) is 1. The van der Waals surface area contributed by atoms with Crippen molar-refractivity contribution in [3.05, 3.63) is 47.3 Å². The molecule has 0 fully saturated rings. The summed E-state index contributed by atoms with van der Waals surface area (Å²) in [5.41, 5.74) is 3.00. The second-order valence-corrected chi connectivity index (χ2v) is 6.99. The Balaban J connectivity index is 1.53. The number of ether oxygens (including phenoxy) is 2. The molecule has 2 aromatic rings. The van der Waals surface area contributed by atoms with Crippen LogP contribution in [0.5, 0.6) is 11.5 Å². The van der Waals surface area contributed by atoms with E-state index in [9.17, 15) is 9.59 Å². The van der Waals surface area contributed by atoms with Gasteiger partial charge in [0.1, 0.15) is 13.2 Å². The van der Waals surface area contributed by atoms with Crippen molar-refractivity contribution in [2.24, 2.45) is 0 Å². The molecule has 2 aliphatic rings. The normalized spacial score (nSPS) is 14.9. The summed E-state index contributed by atoms with van der Waals surface area (Å²) in [4.78, 5) is 32.6. The van der Waals surface area contributed by atoms with E-state index in [0.717, 1.165) is 11.1 Å². The minimum absolute atomic E-state index is 0.0446. The number of rotatable bonds is 2. The number of aromatic nitrogens is 1. The van der Waals surface area contributed by atoms with Gasteiger partial charge in [-0.15, -0.1) is 0 Å². The molecule has 0 saturated heterocycles. The summed E-state index contributed by atoms with van der Waals surface area (Å²) in [6.07, 6.45) is 3.92. The van der Waals surface area contributed by atoms with Crippen LogP contribution in [-0.4, -0.2) is 60.6 Å². The Morgan fingerprint density at radius 2 is 1.93 bits per heavy atom. The van der Waals surface area contributed by atoms with Crippen molar-refractivity contribution in [1.82, 2.24) is 14.8 Å². The van der Waals surface area contributed by atoms with E-state index >= 15 is 0 Å². The van der Waals surface area contributed by atoms with E-state index in [0.29, 0.717) is 55.5 Å². The SMILES string of the molecule is CN(C)C(=O)N1CCc2c(cncc2C(=O)Nc2ccc3c(c2)OCCO3)C1. The molecular formula is C20H22N4O4. The minimum atomic E-state index is -0.228. The standard InChI is InChI=1S/C20H22N4O4/c1-23(2)20(26)24-6-5-15-13(12-24)10-21-11-16(15)19(25)22-14-3-4-17-18(9-14)28-8-7-27-17/h3-4,9-11H,5-8,12H2,1-2H3,(H,22,25). The average Bonchev–Trinajstić information content (AvgIpc) is 2.72. The van der Waals surface area contributed by atoms with E-state index in [-0.39, 0.29) is 11.9 Å². The van der Waals surface area contributed by atoms with E-state index < -0.39 is 0 Å². The highest BCUT2D eigenvalue weighted by Gasteiger charge is 2.26. The molecule has 8 heteroatoms. The van der Waals surface area contributed by atoms with Gasteiger partial charge in [0.15, 0.2) is 11.5 Å². The molecule has 1 N–H and O–H groups in total. The van der Waals surface area contributed by atoms with E-state index in [1.54, 1.807) is 54.5 Å². The molecule has 0 atom stereocenters. The number of hydrogen-bond donors (Lipinski definition) is 1. The number of carbonyl (C=O) groups excluding carboxylic acids is 2. The Hall–Kier alpha value is -3.29. The van der Waals surface area contributed by atoms with Gasteiger partial charge in [-0.25, -0.2) is 4.79 Å². The molecule has 4 rings (SSSR count). The van der Waals surface area contributed by atoms with Crippen molar-refractivity contribution < 1.29 is 19.1 Å². The Morgan fingerprint density at radius 1 is 1.14 bits per heavy atom. The second-order valence-electron chi connectivity index (χ2n) is 6.99. The zero-order chi connectivity index (χ0) is 19.7. The molecule has 0 saturated carbocycles. The van der Waals surface area contributed by atoms with E-state index in [1.165, 1.54) is 0 Å². The molecule has 146 valence electrons. The summed E-state index contributed by atoms with van der Waals surface area (Å²) in [6, 6.07) is 5.28. The molecule has 8 nitrogen and oxygen atoms in total. The monoisotopic (exact) mass is 382 g/mol. The predicted molar refractivity (Wildman–Crippen MR) is 103 cm³/mol. The first-order valence-electron chi connectivity index (χ1n) is 9.16. The van der Waals surface area contributed by atoms with Crippen LogP contribution < -0.4 is 14.8 Å². The molecule has 3 amide bonds. The summed E-state index contributed by atoms with van der Waals surface area (Å²) in [5, 5.41) is 2.91. The summed E-state index contributed by atoms with van der Waals surface area (Å²) in [5.74, 6) is 1.07. The van der Waals surface area contributed by atoms with Crippen LogP contribution >= 0.6 is 0 Å². The molecular weight excluding hydrogens is 360 g/mol. The zero-order valence-corrected chi connectivity index (χ0v) is 15.9. The van der Waals surface area contributed by atoms with Gasteiger partial charge in [-0.3, -0.25) is 9.78 Å². The van der Waals surface area contributed by atoms with Gasteiger partial charge >= 0.3 is 6.03 Å². The number of fused-ring (bicyclic) bond motifs is 2. The van der Waals surface area contributed by atoms with Gasteiger partial charge in [-0.2, -0.15) is 0 Å². The molecule has 1 aromatic carbocycles. The first kappa shape index (κ1) is 18.1. The fraction of sp³-hybridized carbons (Fsp3) is 0.350. The van der Waals surface area contributed by atoms with Gasteiger partial charge in [0.2, 0.25) is 0 Å². The lowest BCUT2D eigenvalue weighted by Crippen LogP contribution is -2.42. The maximum atomic E-state index is 12.9. The van der Waals surface area contributed by atoms with E-state index in [1.807, 2.05) is 0 Å². The quantitative estimate of drug-likeness (QED) is 0.860. The highest BCUT2D eigenvalue weighted by molar-refractivity contribution is 6.05. The van der Waals surface area contributed by atoms with Crippen LogP contribution in [0.3, 0.4) is 0 Å². The van der Waals surface area contributed by atoms with Crippen molar-refractivity contribution in [1.29, 1.82) is 0 Å². The number of pyridine rings is 1. The third-order valence-corrected chi connectivity index (χ3v) is 4.84. The molecule has 0 unspecified atom stereocenters. The second kappa shape index (κ2) is 7.38. The van der Waals surface area contributed by atoms with Crippen molar-refractivity contribution >= 4 is 17.6 Å². The molecule has 0 bridgehead atoms. The van der Waals surface area contributed by atoms with Crippen molar-refractivity contribution in [3.8, 4) is 11.5 Å². The van der Waals surface area contributed by atoms with Gasteiger partial charge in [0, 0.05) is 51.3 Å². The van der Waals surface area contributed by atoms with Crippen molar-refractivity contribution in [3.63, 3.8) is 0 Å². The van der Waals surface area contributed by atoms with Crippen molar-refractivity contribution in [2.75, 3.05) is 39.2 Å². The van der Waals surface area contributed by atoms with Gasteiger partial charge in [0.05, 0.1) is 5.56 Å². The fourth-order valence-electron chi connectivity index (χ4n) is 3.45. The molecule has 28 heavy (non-hydrogen) atoms. The molecule has 0 spiro atoms. The van der Waals surface area contributed by atoms with Gasteiger partial charge in [0.25, 0.3) is 5.91 Å². The Labute approximate surface area is 163 Å². The third-order valence-electron chi connectivity index (χ3n) is 4.84. The average molecular weight is 382 g/mol. The number of urea groups is 1. The van der Waals surface area contributed by atoms with Crippen LogP contribution in [0.1, 0.15) is 21.5 Å². The zero-order valence-electron chi connectivity index (χ0n) is 15.9. The molecule has 0 aliphatic carbocycles. The first-order chi connectivity index (χ1) is 13.5. The number of anilines is 1. The van der Waals surface area contributed by atoms with Crippen molar-refractivity contribution in [2.45, 2.75) is 13.0 Å². The van der Waals surface area contributed by atoms with Gasteiger partial charge in [-0.05, 0) is 29.7 Å². The largest absolute Gasteiger partial charge is 0.486 e. The van der Waals surface area contributed by atoms with Crippen LogP contribution in [-0.2, 0) is 13.0 Å². The maximum absolute atomic E-state index is 12.9. The molecule has 3 heterocycles. The van der Waals surface area contributed by atoms with Crippen LogP contribution in [0.4, 0.5) is 10.5 Å². The third kappa shape index (κ3) is 3.45. The fourth-order valence-corrected chi connectivity index (χ4v) is 3.45. The van der Waals surface area contributed by atoms with E-state index in [4.69, 9.17) is 9.47 Å². The molecule has 0 radical (unpaired) electrons. The van der Waals surface area contributed by atoms with Gasteiger partial charge < -0.3 is 24.6 Å². The predicted octanol–water partition coefficient (Wildman–Crippen LogP) is 2.14. The Kier molecular flexibility index (Phi) is 4.77. The lowest BCUT2D eigenvalue weighted by atomic mass is 9.97. The summed E-state index contributed by atoms with van der Waals surface area (Å²) in [7, 11) is 3.46.